The van der Waals surface area contributed by atoms with Crippen molar-refractivity contribution in [2.24, 2.45) is 5.92 Å². The molecule has 2 aliphatic heterocycles. The van der Waals surface area contributed by atoms with E-state index in [1.807, 2.05) is 0 Å². The second-order valence-electron chi connectivity index (χ2n) is 9.33. The molecule has 1 aromatic heterocycles. The summed E-state index contributed by atoms with van der Waals surface area (Å²) in [6.45, 7) is 14.0. The standard InChI is InChI=1S/C27H36ClN5O/c1-4-5-9-17-33-25-24(29-26(28)30-25)21(3)32(27(33)34)16-11-10-15-31-18-14-23(20(31)2)19-22-12-7-6-8-13-22/h6-8,12-13,23H,2-5,9-11,14-19H2,1H3,(H,29,30). The Morgan fingerprint density at radius 3 is 2.53 bits per heavy atom. The lowest BCUT2D eigenvalue weighted by Crippen LogP contribution is -2.47. The number of H-pyrrole nitrogens is 1. The van der Waals surface area contributed by atoms with Gasteiger partial charge in [-0.3, -0.25) is 9.80 Å². The third-order valence-corrected chi connectivity index (χ3v) is 7.16. The highest BCUT2D eigenvalue weighted by molar-refractivity contribution is 6.28. The van der Waals surface area contributed by atoms with E-state index in [0.717, 1.165) is 63.7 Å². The van der Waals surface area contributed by atoms with Crippen LogP contribution in [0, 0.1) is 5.92 Å². The van der Waals surface area contributed by atoms with Crippen LogP contribution in [0.1, 0.15) is 56.7 Å². The number of hydrogen-bond donors (Lipinski definition) is 1. The number of fused-ring (bicyclic) bond motifs is 1. The van der Waals surface area contributed by atoms with Crippen molar-refractivity contribution in [2.45, 2.75) is 51.9 Å². The SMILES string of the molecule is C=C1C(Cc2ccccc2)CCN1CCCCN1C(=C)c2[nH]c(Cl)nc2N(CCCCC)C1=O. The van der Waals surface area contributed by atoms with Crippen molar-refractivity contribution in [1.82, 2.24) is 19.8 Å². The minimum absolute atomic E-state index is 0.0507. The van der Waals surface area contributed by atoms with Crippen molar-refractivity contribution >= 4 is 29.1 Å². The van der Waals surface area contributed by atoms with Crippen LogP contribution >= 0.6 is 11.6 Å². The number of allylic oxidation sites excluding steroid dienone is 1. The summed E-state index contributed by atoms with van der Waals surface area (Å²) in [5, 5.41) is 0.291. The Labute approximate surface area is 208 Å². The molecular formula is C27H36ClN5O. The number of benzene rings is 1. The number of amides is 2. The predicted octanol–water partition coefficient (Wildman–Crippen LogP) is 6.32. The second-order valence-corrected chi connectivity index (χ2v) is 9.68. The maximum atomic E-state index is 13.3. The van der Waals surface area contributed by atoms with Crippen LogP contribution in [0.25, 0.3) is 5.70 Å². The molecule has 182 valence electrons. The Morgan fingerprint density at radius 2 is 1.76 bits per heavy atom. The molecule has 34 heavy (non-hydrogen) atoms. The second kappa shape index (κ2) is 11.1. The minimum atomic E-state index is -0.0507. The third-order valence-electron chi connectivity index (χ3n) is 6.98. The largest absolute Gasteiger partial charge is 0.375 e. The number of nitrogens with one attached hydrogen (secondary N) is 1. The summed E-state index contributed by atoms with van der Waals surface area (Å²) in [6.07, 6.45) is 7.22. The summed E-state index contributed by atoms with van der Waals surface area (Å²) >= 11 is 6.14. The number of unbranched alkanes of at least 4 members (excludes halogenated alkanes) is 3. The van der Waals surface area contributed by atoms with Crippen LogP contribution in [0.4, 0.5) is 10.6 Å². The molecule has 1 unspecified atom stereocenters. The number of anilines is 1. The number of urea groups is 1. The molecular weight excluding hydrogens is 446 g/mol. The molecule has 0 bridgehead atoms. The van der Waals surface area contributed by atoms with Crippen molar-refractivity contribution in [1.29, 1.82) is 0 Å². The first-order chi connectivity index (χ1) is 16.5. The van der Waals surface area contributed by atoms with Gasteiger partial charge in [-0.05, 0) is 49.3 Å². The van der Waals surface area contributed by atoms with Crippen molar-refractivity contribution in [3.63, 3.8) is 0 Å². The van der Waals surface area contributed by atoms with E-state index < -0.39 is 0 Å². The smallest absolute Gasteiger partial charge is 0.330 e. The van der Waals surface area contributed by atoms with E-state index in [1.54, 1.807) is 9.80 Å². The number of halogens is 1. The minimum Gasteiger partial charge on any atom is -0.375 e. The topological polar surface area (TPSA) is 55.5 Å². The molecule has 0 spiro atoms. The first-order valence-electron chi connectivity index (χ1n) is 12.5. The zero-order valence-electron chi connectivity index (χ0n) is 20.2. The molecule has 1 N–H and O–H groups in total. The van der Waals surface area contributed by atoms with E-state index >= 15 is 0 Å². The molecule has 0 aliphatic carbocycles. The van der Waals surface area contributed by atoms with Gasteiger partial charge in [-0.2, -0.15) is 4.98 Å². The predicted molar refractivity (Wildman–Crippen MR) is 140 cm³/mol. The van der Waals surface area contributed by atoms with E-state index in [9.17, 15) is 4.79 Å². The Morgan fingerprint density at radius 1 is 1.06 bits per heavy atom. The number of aromatic nitrogens is 2. The normalized spacial score (nSPS) is 18.2. The van der Waals surface area contributed by atoms with E-state index in [1.165, 1.54) is 11.3 Å². The average molecular weight is 482 g/mol. The zero-order valence-corrected chi connectivity index (χ0v) is 21.0. The Hall–Kier alpha value is -2.73. The third kappa shape index (κ3) is 5.33. The van der Waals surface area contributed by atoms with Crippen LogP contribution < -0.4 is 4.90 Å². The summed E-state index contributed by atoms with van der Waals surface area (Å²) in [6, 6.07) is 10.6. The number of rotatable bonds is 11. The highest BCUT2D eigenvalue weighted by Crippen LogP contribution is 2.35. The first kappa shape index (κ1) is 24.4. The zero-order chi connectivity index (χ0) is 24.1. The van der Waals surface area contributed by atoms with Gasteiger partial charge < -0.3 is 9.88 Å². The molecule has 4 rings (SSSR count). The van der Waals surface area contributed by atoms with Gasteiger partial charge in [0.15, 0.2) is 5.82 Å². The Kier molecular flexibility index (Phi) is 7.99. The number of carbonyl (C=O) groups is 1. The quantitative estimate of drug-likeness (QED) is 0.382. The van der Waals surface area contributed by atoms with Gasteiger partial charge in [0.2, 0.25) is 5.28 Å². The fraction of sp³-hybridized carbons (Fsp3) is 0.481. The number of likely N-dealkylation sites (tertiary alicyclic amines) is 1. The highest BCUT2D eigenvalue weighted by atomic mass is 35.5. The Bertz CT molecular complexity index is 1020. The van der Waals surface area contributed by atoms with E-state index in [4.69, 9.17) is 11.6 Å². The van der Waals surface area contributed by atoms with Crippen LogP contribution in [-0.2, 0) is 6.42 Å². The van der Waals surface area contributed by atoms with Gasteiger partial charge in [0.05, 0.1) is 5.70 Å². The van der Waals surface area contributed by atoms with Crippen molar-refractivity contribution < 1.29 is 4.79 Å². The summed E-state index contributed by atoms with van der Waals surface area (Å²) < 4.78 is 0. The lowest BCUT2D eigenvalue weighted by Gasteiger charge is -2.35. The van der Waals surface area contributed by atoms with Crippen molar-refractivity contribution in [3.05, 3.63) is 65.7 Å². The van der Waals surface area contributed by atoms with Crippen molar-refractivity contribution in [3.8, 4) is 0 Å². The molecule has 2 amide bonds. The molecule has 1 saturated heterocycles. The van der Waals surface area contributed by atoms with Crippen LogP contribution in [0.5, 0.6) is 0 Å². The van der Waals surface area contributed by atoms with Gasteiger partial charge in [0.1, 0.15) is 5.69 Å². The van der Waals surface area contributed by atoms with E-state index in [0.29, 0.717) is 35.8 Å². The molecule has 2 aliphatic rings. The molecule has 3 heterocycles. The van der Waals surface area contributed by atoms with E-state index in [-0.39, 0.29) is 6.03 Å². The molecule has 2 aromatic rings. The lowest BCUT2D eigenvalue weighted by atomic mass is 9.96. The molecule has 1 aromatic carbocycles. The van der Waals surface area contributed by atoms with Crippen LogP contribution in [0.2, 0.25) is 5.28 Å². The van der Waals surface area contributed by atoms with Gasteiger partial charge in [-0.15, -0.1) is 0 Å². The van der Waals surface area contributed by atoms with Gasteiger partial charge in [0, 0.05) is 37.8 Å². The molecule has 0 saturated carbocycles. The summed E-state index contributed by atoms with van der Waals surface area (Å²) in [5.41, 5.74) is 4.03. The summed E-state index contributed by atoms with van der Waals surface area (Å²) in [7, 11) is 0. The van der Waals surface area contributed by atoms with Gasteiger partial charge in [0.25, 0.3) is 0 Å². The van der Waals surface area contributed by atoms with E-state index in [2.05, 4.69) is 65.3 Å². The monoisotopic (exact) mass is 481 g/mol. The lowest BCUT2D eigenvalue weighted by molar-refractivity contribution is 0.221. The van der Waals surface area contributed by atoms with Gasteiger partial charge in [-0.25, -0.2) is 4.79 Å². The molecule has 1 atom stereocenters. The van der Waals surface area contributed by atoms with Gasteiger partial charge >= 0.3 is 6.03 Å². The molecule has 0 radical (unpaired) electrons. The average Bonchev–Trinajstić information content (AvgIpc) is 3.39. The summed E-state index contributed by atoms with van der Waals surface area (Å²) in [5.74, 6) is 1.12. The Balaban J connectivity index is 1.30. The maximum absolute atomic E-state index is 13.3. The fourth-order valence-corrected chi connectivity index (χ4v) is 5.17. The fourth-order valence-electron chi connectivity index (χ4n) is 5.00. The number of hydrogen-bond acceptors (Lipinski definition) is 3. The highest BCUT2D eigenvalue weighted by Gasteiger charge is 2.35. The number of carbonyl (C=O) groups excluding carboxylic acids is 1. The number of nitrogens with zero attached hydrogens (tertiary/aromatic N) is 4. The maximum Gasteiger partial charge on any atom is 0.330 e. The van der Waals surface area contributed by atoms with Crippen LogP contribution in [0.15, 0.2) is 49.2 Å². The number of aromatic amines is 1. The molecule has 6 nitrogen and oxygen atoms in total. The first-order valence-corrected chi connectivity index (χ1v) is 12.9. The van der Waals surface area contributed by atoms with Crippen LogP contribution in [-0.4, -0.2) is 52.0 Å². The molecule has 7 heteroatoms. The summed E-state index contributed by atoms with van der Waals surface area (Å²) in [4.78, 5) is 26.7. The van der Waals surface area contributed by atoms with Gasteiger partial charge in [-0.1, -0.05) is 63.3 Å². The number of imidazole rings is 1. The van der Waals surface area contributed by atoms with Crippen LogP contribution in [0.3, 0.4) is 0 Å². The molecule has 1 fully saturated rings. The van der Waals surface area contributed by atoms with Crippen molar-refractivity contribution in [2.75, 3.05) is 31.1 Å².